The van der Waals surface area contributed by atoms with Gasteiger partial charge in [0.1, 0.15) is 13.2 Å². The molecule has 20 heavy (non-hydrogen) atoms. The number of nitrogens with zero attached hydrogens (tertiary/aromatic N) is 1. The molecule has 0 saturated carbocycles. The summed E-state index contributed by atoms with van der Waals surface area (Å²) in [7, 11) is 1.66. The van der Waals surface area contributed by atoms with Crippen LogP contribution in [0.2, 0.25) is 0 Å². The second-order valence-corrected chi connectivity index (χ2v) is 5.20. The van der Waals surface area contributed by atoms with Crippen LogP contribution in [0.4, 0.5) is 0 Å². The van der Waals surface area contributed by atoms with Crippen LogP contribution in [0.3, 0.4) is 0 Å². The zero-order valence-corrected chi connectivity index (χ0v) is 12.0. The van der Waals surface area contributed by atoms with E-state index in [1.54, 1.807) is 7.11 Å². The predicted molar refractivity (Wildman–Crippen MR) is 76.2 cm³/mol. The van der Waals surface area contributed by atoms with E-state index in [9.17, 15) is 0 Å². The molecule has 0 radical (unpaired) electrons. The van der Waals surface area contributed by atoms with Crippen LogP contribution < -0.4 is 19.6 Å². The van der Waals surface area contributed by atoms with Crippen molar-refractivity contribution in [2.75, 3.05) is 33.4 Å². The normalized spacial score (nSPS) is 18.9. The van der Waals surface area contributed by atoms with Crippen LogP contribution in [0.25, 0.3) is 0 Å². The van der Waals surface area contributed by atoms with E-state index in [2.05, 4.69) is 10.4 Å². The van der Waals surface area contributed by atoms with Gasteiger partial charge in [0.2, 0.25) is 5.75 Å². The van der Waals surface area contributed by atoms with Gasteiger partial charge in [-0.25, -0.2) is 5.01 Å². The van der Waals surface area contributed by atoms with Crippen molar-refractivity contribution in [2.45, 2.75) is 25.8 Å². The van der Waals surface area contributed by atoms with Crippen LogP contribution in [0, 0.1) is 0 Å². The summed E-state index contributed by atoms with van der Waals surface area (Å²) in [5.41, 5.74) is 4.63. The van der Waals surface area contributed by atoms with Crippen LogP contribution in [0.5, 0.6) is 17.2 Å². The molecular formula is C15H22N2O3. The molecule has 5 nitrogen and oxygen atoms in total. The Bertz CT molecular complexity index is 441. The molecule has 0 atom stereocenters. The summed E-state index contributed by atoms with van der Waals surface area (Å²) < 4.78 is 16.7. The van der Waals surface area contributed by atoms with Crippen molar-refractivity contribution in [1.29, 1.82) is 0 Å². The molecule has 1 aromatic carbocycles. The fourth-order valence-electron chi connectivity index (χ4n) is 2.68. The Labute approximate surface area is 119 Å². The number of piperidine rings is 1. The zero-order chi connectivity index (χ0) is 13.8. The lowest BCUT2D eigenvalue weighted by molar-refractivity contribution is 0.150. The Hall–Kier alpha value is -1.46. The third-order valence-electron chi connectivity index (χ3n) is 3.75. The fourth-order valence-corrected chi connectivity index (χ4v) is 2.68. The molecule has 0 bridgehead atoms. The number of hydrogen-bond acceptors (Lipinski definition) is 5. The molecule has 3 rings (SSSR count). The van der Waals surface area contributed by atoms with Gasteiger partial charge in [0.25, 0.3) is 0 Å². The summed E-state index contributed by atoms with van der Waals surface area (Å²) in [5, 5.41) is 2.30. The largest absolute Gasteiger partial charge is 0.493 e. The van der Waals surface area contributed by atoms with Crippen molar-refractivity contribution < 1.29 is 14.2 Å². The van der Waals surface area contributed by atoms with Crippen molar-refractivity contribution in [1.82, 2.24) is 10.4 Å². The smallest absolute Gasteiger partial charge is 0.203 e. The van der Waals surface area contributed by atoms with Gasteiger partial charge in [-0.3, -0.25) is 5.43 Å². The van der Waals surface area contributed by atoms with Crippen molar-refractivity contribution in [3.63, 3.8) is 0 Å². The van der Waals surface area contributed by atoms with Gasteiger partial charge >= 0.3 is 0 Å². The summed E-state index contributed by atoms with van der Waals surface area (Å²) in [4.78, 5) is 0. The number of methoxy groups -OCH3 is 1. The third-order valence-corrected chi connectivity index (χ3v) is 3.75. The highest BCUT2D eigenvalue weighted by molar-refractivity contribution is 5.54. The molecule has 0 unspecified atom stereocenters. The van der Waals surface area contributed by atoms with Gasteiger partial charge in [-0.1, -0.05) is 6.42 Å². The molecule has 110 valence electrons. The number of nitrogens with one attached hydrogen (secondary N) is 1. The second-order valence-electron chi connectivity index (χ2n) is 5.20. The van der Waals surface area contributed by atoms with Crippen molar-refractivity contribution in [3.05, 3.63) is 17.7 Å². The topological polar surface area (TPSA) is 43.0 Å². The third kappa shape index (κ3) is 2.99. The number of ether oxygens (including phenoxy) is 3. The van der Waals surface area contributed by atoms with E-state index in [1.807, 2.05) is 12.1 Å². The van der Waals surface area contributed by atoms with E-state index in [-0.39, 0.29) is 0 Å². The number of rotatable bonds is 4. The van der Waals surface area contributed by atoms with Crippen LogP contribution in [-0.2, 0) is 6.54 Å². The summed E-state index contributed by atoms with van der Waals surface area (Å²) in [6.45, 7) is 4.21. The van der Waals surface area contributed by atoms with E-state index in [0.29, 0.717) is 13.2 Å². The standard InChI is InChI=1S/C15H22N2O3/c1-18-13-9-12(10-14-15(13)20-8-7-19-14)11-16-17-5-3-2-4-6-17/h9-10,16H,2-8,11H2,1H3. The first kappa shape index (κ1) is 13.5. The second kappa shape index (κ2) is 6.33. The van der Waals surface area contributed by atoms with Crippen molar-refractivity contribution in [2.24, 2.45) is 0 Å². The Morgan fingerprint density at radius 2 is 1.95 bits per heavy atom. The minimum Gasteiger partial charge on any atom is -0.493 e. The van der Waals surface area contributed by atoms with E-state index in [0.717, 1.165) is 42.4 Å². The Morgan fingerprint density at radius 1 is 1.15 bits per heavy atom. The van der Waals surface area contributed by atoms with Crippen LogP contribution >= 0.6 is 0 Å². The minimum absolute atomic E-state index is 0.578. The number of benzene rings is 1. The maximum Gasteiger partial charge on any atom is 0.203 e. The molecule has 1 N–H and O–H groups in total. The summed E-state index contributed by atoms with van der Waals surface area (Å²) >= 11 is 0. The van der Waals surface area contributed by atoms with Crippen LogP contribution in [0.1, 0.15) is 24.8 Å². The van der Waals surface area contributed by atoms with Gasteiger partial charge in [-0.05, 0) is 30.5 Å². The highest BCUT2D eigenvalue weighted by Gasteiger charge is 2.18. The van der Waals surface area contributed by atoms with Gasteiger partial charge in [0.15, 0.2) is 11.5 Å². The Morgan fingerprint density at radius 3 is 2.75 bits per heavy atom. The summed E-state index contributed by atoms with van der Waals surface area (Å²) in [6, 6.07) is 4.05. The Balaban J connectivity index is 1.69. The molecule has 1 fully saturated rings. The number of hydrazine groups is 1. The monoisotopic (exact) mass is 278 g/mol. The van der Waals surface area contributed by atoms with E-state index in [4.69, 9.17) is 14.2 Å². The summed E-state index contributed by atoms with van der Waals surface area (Å²) in [5.74, 6) is 2.25. The highest BCUT2D eigenvalue weighted by atomic mass is 16.6. The van der Waals surface area contributed by atoms with Gasteiger partial charge in [0.05, 0.1) is 7.11 Å². The summed E-state index contributed by atoms with van der Waals surface area (Å²) in [6.07, 6.45) is 3.89. The van der Waals surface area contributed by atoms with Crippen LogP contribution in [-0.4, -0.2) is 38.4 Å². The maximum atomic E-state index is 5.65. The van der Waals surface area contributed by atoms with Crippen molar-refractivity contribution >= 4 is 0 Å². The van der Waals surface area contributed by atoms with E-state index >= 15 is 0 Å². The molecule has 2 heterocycles. The van der Waals surface area contributed by atoms with Crippen molar-refractivity contribution in [3.8, 4) is 17.2 Å². The number of fused-ring (bicyclic) bond motifs is 1. The average molecular weight is 278 g/mol. The van der Waals surface area contributed by atoms with E-state index in [1.165, 1.54) is 19.3 Å². The molecular weight excluding hydrogens is 256 g/mol. The lowest BCUT2D eigenvalue weighted by Gasteiger charge is -2.27. The first-order valence-corrected chi connectivity index (χ1v) is 7.32. The Kier molecular flexibility index (Phi) is 4.28. The quantitative estimate of drug-likeness (QED) is 0.912. The molecule has 2 aliphatic rings. The minimum atomic E-state index is 0.578. The SMILES string of the molecule is COc1cc(CNN2CCCCC2)cc2c1OCCO2. The lowest BCUT2D eigenvalue weighted by Crippen LogP contribution is -2.41. The predicted octanol–water partition coefficient (Wildman–Crippen LogP) is 1.96. The fraction of sp³-hybridized carbons (Fsp3) is 0.600. The molecule has 2 aliphatic heterocycles. The van der Waals surface area contributed by atoms with Crippen LogP contribution in [0.15, 0.2) is 12.1 Å². The average Bonchev–Trinajstić information content (AvgIpc) is 2.53. The molecule has 1 aromatic rings. The maximum absolute atomic E-state index is 5.65. The molecule has 0 spiro atoms. The van der Waals surface area contributed by atoms with Gasteiger partial charge in [-0.15, -0.1) is 0 Å². The molecule has 0 amide bonds. The van der Waals surface area contributed by atoms with Gasteiger partial charge in [0, 0.05) is 19.6 Å². The molecule has 0 aromatic heterocycles. The first-order valence-electron chi connectivity index (χ1n) is 7.32. The molecule has 5 heteroatoms. The molecule has 0 aliphatic carbocycles. The van der Waals surface area contributed by atoms with Gasteiger partial charge < -0.3 is 14.2 Å². The zero-order valence-electron chi connectivity index (χ0n) is 12.0. The number of hydrogen-bond donors (Lipinski definition) is 1. The highest BCUT2D eigenvalue weighted by Crippen LogP contribution is 2.40. The molecule has 1 saturated heterocycles. The van der Waals surface area contributed by atoms with Gasteiger partial charge in [-0.2, -0.15) is 0 Å². The van der Waals surface area contributed by atoms with E-state index < -0.39 is 0 Å². The first-order chi connectivity index (χ1) is 9.86. The lowest BCUT2D eigenvalue weighted by atomic mass is 10.1.